The average Bonchev–Trinajstić information content (AvgIpc) is 1.85. The fourth-order valence-corrected chi connectivity index (χ4v) is 0.666. The molecule has 1 nitrogen and oxygen atoms in total. The van der Waals surface area contributed by atoms with Crippen molar-refractivity contribution in [3.63, 3.8) is 0 Å². The lowest BCUT2D eigenvalue weighted by Crippen LogP contribution is -1.92. The molecule has 0 saturated carbocycles. The van der Waals surface area contributed by atoms with Gasteiger partial charge in [-0.1, -0.05) is 19.1 Å². The normalized spacial score (nSPS) is 15.4. The van der Waals surface area contributed by atoms with E-state index in [1.165, 1.54) is 0 Å². The highest BCUT2D eigenvalue weighted by molar-refractivity contribution is 5.60. The molecule has 0 radical (unpaired) electrons. The summed E-state index contributed by atoms with van der Waals surface area (Å²) >= 11 is 0. The second-order valence-corrected chi connectivity index (χ2v) is 2.19. The van der Waals surface area contributed by atoms with E-state index in [4.69, 9.17) is 0 Å². The molecule has 0 aromatic heterocycles. The zero-order valence-electron chi connectivity index (χ0n) is 6.46. The van der Waals surface area contributed by atoms with E-state index in [-0.39, 0.29) is 0 Å². The largest absolute Gasteiger partial charge is 0.301 e. The molecular weight excluding hydrogens is 110 g/mol. The number of rotatable bonds is 3. The molecule has 0 aromatic rings. The Morgan fingerprint density at radius 3 is 2.67 bits per heavy atom. The van der Waals surface area contributed by atoms with E-state index in [1.54, 1.807) is 0 Å². The molecule has 0 saturated heterocycles. The van der Waals surface area contributed by atoms with Gasteiger partial charge in [-0.3, -0.25) is 0 Å². The van der Waals surface area contributed by atoms with Crippen LogP contribution in [0.15, 0.2) is 17.1 Å². The molecule has 9 heavy (non-hydrogen) atoms. The summed E-state index contributed by atoms with van der Waals surface area (Å²) in [5, 5.41) is 0. The van der Waals surface area contributed by atoms with Gasteiger partial charge in [0.1, 0.15) is 0 Å². The number of hydrogen-bond acceptors (Lipinski definition) is 1. The number of hydrogen-bond donors (Lipinski definition) is 0. The second-order valence-electron chi connectivity index (χ2n) is 2.19. The summed E-state index contributed by atoms with van der Waals surface area (Å²) in [5.41, 5.74) is 0. The molecule has 0 aliphatic heterocycles. The standard InChI is InChI=1S/C8H15N/c1-4-5-6-8(2)7-9-3/h4-5,7-8H,6H2,1-3H3/b5-4+,9-7?. The van der Waals surface area contributed by atoms with Crippen LogP contribution in [0.1, 0.15) is 20.3 Å². The first-order valence-corrected chi connectivity index (χ1v) is 3.34. The van der Waals surface area contributed by atoms with Crippen LogP contribution in [0.5, 0.6) is 0 Å². The Hall–Kier alpha value is -0.590. The van der Waals surface area contributed by atoms with Crippen LogP contribution in [0.2, 0.25) is 0 Å². The van der Waals surface area contributed by atoms with Crippen molar-refractivity contribution in [3.8, 4) is 0 Å². The maximum Gasteiger partial charge on any atom is 0.0273 e. The first-order chi connectivity index (χ1) is 4.31. The van der Waals surface area contributed by atoms with E-state index in [2.05, 4.69) is 24.1 Å². The van der Waals surface area contributed by atoms with Gasteiger partial charge >= 0.3 is 0 Å². The highest BCUT2D eigenvalue weighted by Crippen LogP contribution is 1.98. The molecule has 1 atom stereocenters. The molecule has 1 heteroatoms. The summed E-state index contributed by atoms with van der Waals surface area (Å²) in [5.74, 6) is 0.589. The zero-order chi connectivity index (χ0) is 7.11. The van der Waals surface area contributed by atoms with Crippen LogP contribution >= 0.6 is 0 Å². The van der Waals surface area contributed by atoms with Crippen molar-refractivity contribution in [1.29, 1.82) is 0 Å². The van der Waals surface area contributed by atoms with E-state index in [9.17, 15) is 0 Å². The Kier molecular flexibility index (Phi) is 5.18. The molecule has 0 spiro atoms. The van der Waals surface area contributed by atoms with Gasteiger partial charge < -0.3 is 4.99 Å². The molecule has 0 bridgehead atoms. The monoisotopic (exact) mass is 125 g/mol. The van der Waals surface area contributed by atoms with E-state index in [0.717, 1.165) is 6.42 Å². The van der Waals surface area contributed by atoms with Crippen molar-refractivity contribution >= 4 is 6.21 Å². The highest BCUT2D eigenvalue weighted by atomic mass is 14.6. The minimum Gasteiger partial charge on any atom is -0.301 e. The van der Waals surface area contributed by atoms with E-state index in [0.29, 0.717) is 5.92 Å². The van der Waals surface area contributed by atoms with Crippen LogP contribution in [-0.4, -0.2) is 13.3 Å². The van der Waals surface area contributed by atoms with Crippen LogP contribution in [0.4, 0.5) is 0 Å². The first-order valence-electron chi connectivity index (χ1n) is 3.34. The summed E-state index contributed by atoms with van der Waals surface area (Å²) in [6, 6.07) is 0. The SMILES string of the molecule is C/C=C/CC(C)C=NC. The fraction of sp³-hybridized carbons (Fsp3) is 0.625. The molecule has 0 aromatic carbocycles. The zero-order valence-corrected chi connectivity index (χ0v) is 6.46. The molecule has 0 rings (SSSR count). The minimum atomic E-state index is 0.589. The Morgan fingerprint density at radius 1 is 1.56 bits per heavy atom. The van der Waals surface area contributed by atoms with Crippen LogP contribution in [0, 0.1) is 5.92 Å². The molecule has 0 aliphatic carbocycles. The lowest BCUT2D eigenvalue weighted by atomic mass is 10.1. The maximum absolute atomic E-state index is 3.93. The van der Waals surface area contributed by atoms with Crippen molar-refractivity contribution in [3.05, 3.63) is 12.2 Å². The number of nitrogens with zero attached hydrogens (tertiary/aromatic N) is 1. The molecule has 0 amide bonds. The summed E-state index contributed by atoms with van der Waals surface area (Å²) in [6.07, 6.45) is 7.31. The van der Waals surface area contributed by atoms with Gasteiger partial charge in [0.15, 0.2) is 0 Å². The van der Waals surface area contributed by atoms with Crippen molar-refractivity contribution in [2.75, 3.05) is 7.05 Å². The Labute approximate surface area is 57.5 Å². The van der Waals surface area contributed by atoms with Crippen molar-refractivity contribution in [2.45, 2.75) is 20.3 Å². The Morgan fingerprint density at radius 2 is 2.22 bits per heavy atom. The third-order valence-corrected chi connectivity index (χ3v) is 1.15. The van der Waals surface area contributed by atoms with Crippen molar-refractivity contribution < 1.29 is 0 Å². The smallest absolute Gasteiger partial charge is 0.0273 e. The lowest BCUT2D eigenvalue weighted by Gasteiger charge is -1.96. The van der Waals surface area contributed by atoms with Crippen LogP contribution in [0.3, 0.4) is 0 Å². The quantitative estimate of drug-likeness (QED) is 0.405. The van der Waals surface area contributed by atoms with E-state index >= 15 is 0 Å². The predicted molar refractivity (Wildman–Crippen MR) is 43.0 cm³/mol. The predicted octanol–water partition coefficient (Wildman–Crippen LogP) is 2.29. The fourth-order valence-electron chi connectivity index (χ4n) is 0.666. The van der Waals surface area contributed by atoms with Gasteiger partial charge in [-0.15, -0.1) is 0 Å². The molecule has 0 heterocycles. The van der Waals surface area contributed by atoms with E-state index in [1.807, 2.05) is 20.2 Å². The average molecular weight is 125 g/mol. The summed E-state index contributed by atoms with van der Waals surface area (Å²) in [7, 11) is 1.81. The number of aliphatic imine (C=N–C) groups is 1. The van der Waals surface area contributed by atoms with Crippen LogP contribution in [-0.2, 0) is 0 Å². The molecule has 0 aliphatic rings. The van der Waals surface area contributed by atoms with Gasteiger partial charge in [0.05, 0.1) is 0 Å². The molecule has 0 N–H and O–H groups in total. The third-order valence-electron chi connectivity index (χ3n) is 1.15. The second kappa shape index (κ2) is 5.54. The van der Waals surface area contributed by atoms with Gasteiger partial charge in [0.25, 0.3) is 0 Å². The third kappa shape index (κ3) is 5.28. The molecular formula is C8H15N. The van der Waals surface area contributed by atoms with Gasteiger partial charge in [-0.05, 0) is 19.3 Å². The summed E-state index contributed by atoms with van der Waals surface area (Å²) in [4.78, 5) is 3.93. The summed E-state index contributed by atoms with van der Waals surface area (Å²) in [6.45, 7) is 4.20. The molecule has 0 fully saturated rings. The molecule has 1 unspecified atom stereocenters. The summed E-state index contributed by atoms with van der Waals surface area (Å²) < 4.78 is 0. The minimum absolute atomic E-state index is 0.589. The number of allylic oxidation sites excluding steroid dienone is 2. The first kappa shape index (κ1) is 8.41. The van der Waals surface area contributed by atoms with Gasteiger partial charge in [-0.25, -0.2) is 0 Å². The topological polar surface area (TPSA) is 12.4 Å². The van der Waals surface area contributed by atoms with Gasteiger partial charge in [0, 0.05) is 13.3 Å². The van der Waals surface area contributed by atoms with Gasteiger partial charge in [0.2, 0.25) is 0 Å². The van der Waals surface area contributed by atoms with Crippen molar-refractivity contribution in [2.24, 2.45) is 10.9 Å². The van der Waals surface area contributed by atoms with Crippen LogP contribution in [0.25, 0.3) is 0 Å². The van der Waals surface area contributed by atoms with Crippen LogP contribution < -0.4 is 0 Å². The van der Waals surface area contributed by atoms with E-state index < -0.39 is 0 Å². The Bertz CT molecular complexity index is 103. The Balaban J connectivity index is 3.37. The highest BCUT2D eigenvalue weighted by Gasteiger charge is 1.90. The lowest BCUT2D eigenvalue weighted by molar-refractivity contribution is 0.806. The van der Waals surface area contributed by atoms with Crippen molar-refractivity contribution in [1.82, 2.24) is 0 Å². The van der Waals surface area contributed by atoms with Gasteiger partial charge in [-0.2, -0.15) is 0 Å². The molecule has 52 valence electrons. The maximum atomic E-state index is 3.93.